The number of halogens is 3. The highest BCUT2D eigenvalue weighted by Gasteiger charge is 2.49. The molecule has 13 heteroatoms. The Morgan fingerprint density at radius 2 is 2.06 bits per heavy atom. The molecule has 0 bridgehead atoms. The highest BCUT2D eigenvalue weighted by molar-refractivity contribution is 6.36. The summed E-state index contributed by atoms with van der Waals surface area (Å²) in [6.45, 7) is 2.74. The number of aromatic nitrogens is 3. The van der Waals surface area contributed by atoms with Crippen LogP contribution < -0.4 is 15.0 Å². The molecule has 2 aromatic carbocycles. The lowest BCUT2D eigenvalue weighted by Gasteiger charge is -2.31. The molecule has 0 aliphatic carbocycles. The van der Waals surface area contributed by atoms with E-state index in [4.69, 9.17) is 21.3 Å². The minimum atomic E-state index is -0.921. The molecular formula is C37H38ClF2N7O3. The maximum absolute atomic E-state index is 16.8. The molecule has 0 spiro atoms. The molecule has 1 amide bonds. The lowest BCUT2D eigenvalue weighted by Crippen LogP contribution is -2.43. The molecule has 6 heterocycles. The maximum atomic E-state index is 16.8. The molecule has 50 heavy (non-hydrogen) atoms. The Kier molecular flexibility index (Phi) is 8.71. The van der Waals surface area contributed by atoms with E-state index in [1.54, 1.807) is 23.2 Å². The van der Waals surface area contributed by atoms with Crippen molar-refractivity contribution in [3.63, 3.8) is 0 Å². The molecule has 5 atom stereocenters. The van der Waals surface area contributed by atoms with Crippen LogP contribution in [0.2, 0.25) is 5.02 Å². The van der Waals surface area contributed by atoms with Gasteiger partial charge in [0.15, 0.2) is 5.82 Å². The van der Waals surface area contributed by atoms with Gasteiger partial charge in [0, 0.05) is 74.3 Å². The molecule has 4 fully saturated rings. The van der Waals surface area contributed by atoms with Gasteiger partial charge in [0.05, 0.1) is 23.1 Å². The number of alkyl halides is 1. The summed E-state index contributed by atoms with van der Waals surface area (Å²) in [5.41, 5.74) is 0.249. The van der Waals surface area contributed by atoms with Gasteiger partial charge in [-0.3, -0.25) is 14.7 Å². The van der Waals surface area contributed by atoms with Crippen LogP contribution in [0, 0.1) is 17.7 Å². The molecule has 10 nitrogen and oxygen atoms in total. The SMILES string of the molecule is CN(c1nc(OC[C@@]23CCCN2C[C@H](F)C3)nc2c(F)c(-c3cccc4cccc(Cl)c34)ncc12)[C@@H]1CCN(C(=O)C#C[C@@H]2C[C@@H](O)CN2)C1. The van der Waals surface area contributed by atoms with Gasteiger partial charge in [-0.2, -0.15) is 9.97 Å². The summed E-state index contributed by atoms with van der Waals surface area (Å²) in [6.07, 6.45) is 3.48. The fourth-order valence-corrected chi connectivity index (χ4v) is 8.44. The predicted molar refractivity (Wildman–Crippen MR) is 187 cm³/mol. The minimum Gasteiger partial charge on any atom is -0.461 e. The van der Waals surface area contributed by atoms with E-state index in [1.165, 1.54) is 0 Å². The summed E-state index contributed by atoms with van der Waals surface area (Å²) >= 11 is 6.61. The molecule has 2 aromatic heterocycles. The maximum Gasteiger partial charge on any atom is 0.319 e. The molecule has 0 saturated carbocycles. The number of pyridine rings is 1. The van der Waals surface area contributed by atoms with Crippen LogP contribution in [0.3, 0.4) is 0 Å². The van der Waals surface area contributed by atoms with E-state index in [-0.39, 0.29) is 41.8 Å². The van der Waals surface area contributed by atoms with Crippen molar-refractivity contribution >= 4 is 45.0 Å². The summed E-state index contributed by atoms with van der Waals surface area (Å²) in [5.74, 6) is 5.18. The van der Waals surface area contributed by atoms with Crippen LogP contribution in [0.25, 0.3) is 32.9 Å². The van der Waals surface area contributed by atoms with Gasteiger partial charge in [0.2, 0.25) is 0 Å². The zero-order valence-corrected chi connectivity index (χ0v) is 28.5. The van der Waals surface area contributed by atoms with Gasteiger partial charge in [-0.15, -0.1) is 0 Å². The average molecular weight is 702 g/mol. The number of hydrogen-bond acceptors (Lipinski definition) is 9. The predicted octanol–water partition coefficient (Wildman–Crippen LogP) is 4.36. The fraction of sp³-hybridized carbons (Fsp3) is 0.459. The van der Waals surface area contributed by atoms with Gasteiger partial charge >= 0.3 is 6.01 Å². The Morgan fingerprint density at radius 1 is 1.22 bits per heavy atom. The highest BCUT2D eigenvalue weighted by Crippen LogP contribution is 2.41. The number of anilines is 1. The first-order valence-electron chi connectivity index (χ1n) is 17.2. The van der Waals surface area contributed by atoms with E-state index in [2.05, 4.69) is 32.0 Å². The van der Waals surface area contributed by atoms with Gasteiger partial charge in [0.1, 0.15) is 29.8 Å². The molecule has 4 aliphatic heterocycles. The summed E-state index contributed by atoms with van der Waals surface area (Å²) in [4.78, 5) is 32.8. The molecule has 260 valence electrons. The second-order valence-corrected chi connectivity index (χ2v) is 14.4. The van der Waals surface area contributed by atoms with E-state index in [1.807, 2.05) is 36.2 Å². The second-order valence-electron chi connectivity index (χ2n) is 13.9. The van der Waals surface area contributed by atoms with Crippen molar-refractivity contribution < 1.29 is 23.4 Å². The molecular weight excluding hydrogens is 664 g/mol. The number of amides is 1. The molecule has 2 N–H and O–H groups in total. The number of aliphatic hydroxyl groups excluding tert-OH is 1. The van der Waals surface area contributed by atoms with Crippen LogP contribution in [-0.2, 0) is 4.79 Å². The van der Waals surface area contributed by atoms with Crippen molar-refractivity contribution in [1.29, 1.82) is 0 Å². The first-order chi connectivity index (χ1) is 24.2. The van der Waals surface area contributed by atoms with Crippen molar-refractivity contribution in [3.05, 3.63) is 53.4 Å². The van der Waals surface area contributed by atoms with Crippen LogP contribution >= 0.6 is 11.6 Å². The zero-order valence-electron chi connectivity index (χ0n) is 27.7. The van der Waals surface area contributed by atoms with Crippen molar-refractivity contribution in [2.75, 3.05) is 51.3 Å². The number of likely N-dealkylation sites (tertiary alicyclic amines) is 1. The first kappa shape index (κ1) is 33.0. The summed E-state index contributed by atoms with van der Waals surface area (Å²) in [6, 6.07) is 10.7. The number of fused-ring (bicyclic) bond motifs is 3. The number of aliphatic hydroxyl groups is 1. The number of ether oxygens (including phenoxy) is 1. The first-order valence-corrected chi connectivity index (χ1v) is 17.6. The Morgan fingerprint density at radius 3 is 2.88 bits per heavy atom. The van der Waals surface area contributed by atoms with Crippen molar-refractivity contribution in [3.8, 4) is 29.1 Å². The quantitative estimate of drug-likeness (QED) is 0.284. The number of β-amino-alcohol motifs (C(OH)–C–C–N with tert-alkyl or cyclic N) is 1. The number of nitrogens with one attached hydrogen (secondary N) is 1. The van der Waals surface area contributed by atoms with Gasteiger partial charge in [-0.1, -0.05) is 47.9 Å². The van der Waals surface area contributed by atoms with E-state index in [9.17, 15) is 14.3 Å². The average Bonchev–Trinajstić information content (AvgIpc) is 3.91. The monoisotopic (exact) mass is 701 g/mol. The standard InChI is InChI=1S/C37H38ClF2N7O3/c1-45(25-11-14-46(20-25)30(49)10-9-24-15-26(48)17-41-24)35-28-18-42-33(27-7-2-5-22-6-3-8-29(38)31(22)27)32(40)34(28)43-36(44-35)50-21-37-12-4-13-47(37)19-23(39)16-37/h2-3,5-8,18,23-26,41,48H,4,11-17,19-21H2,1H3/t23-,24-,25-,26-,37+/m1/s1. The smallest absolute Gasteiger partial charge is 0.319 e. The summed E-state index contributed by atoms with van der Waals surface area (Å²) < 4.78 is 37.6. The van der Waals surface area contributed by atoms with E-state index in [0.29, 0.717) is 72.6 Å². The highest BCUT2D eigenvalue weighted by atomic mass is 35.5. The topological polar surface area (TPSA) is 107 Å². The van der Waals surface area contributed by atoms with E-state index in [0.717, 1.165) is 24.8 Å². The number of nitrogens with zero attached hydrogens (tertiary/aromatic N) is 6. The van der Waals surface area contributed by atoms with Crippen molar-refractivity contribution in [2.45, 2.75) is 62.0 Å². The molecule has 0 unspecified atom stereocenters. The number of carbonyl (C=O) groups is 1. The summed E-state index contributed by atoms with van der Waals surface area (Å²) in [7, 11) is 1.86. The van der Waals surface area contributed by atoms with Crippen LogP contribution in [0.5, 0.6) is 6.01 Å². The van der Waals surface area contributed by atoms with Crippen LogP contribution in [0.1, 0.15) is 32.1 Å². The van der Waals surface area contributed by atoms with Crippen molar-refractivity contribution in [2.24, 2.45) is 0 Å². The molecule has 8 rings (SSSR count). The summed E-state index contributed by atoms with van der Waals surface area (Å²) in [5, 5.41) is 15.3. The molecule has 0 radical (unpaired) electrons. The van der Waals surface area contributed by atoms with E-state index < -0.39 is 23.6 Å². The number of carbonyl (C=O) groups excluding carboxylic acids is 1. The number of rotatable bonds is 6. The second kappa shape index (κ2) is 13.2. The Balaban J connectivity index is 1.14. The number of hydrogen-bond donors (Lipinski definition) is 2. The Labute approximate surface area is 293 Å². The third kappa shape index (κ3) is 6.00. The van der Waals surface area contributed by atoms with Crippen molar-refractivity contribution in [1.82, 2.24) is 30.1 Å². The lowest BCUT2D eigenvalue weighted by atomic mass is 9.95. The van der Waals surface area contributed by atoms with Crippen LogP contribution in [-0.4, -0.2) is 112 Å². The Hall–Kier alpha value is -4.15. The number of likely N-dealkylation sites (N-methyl/N-ethyl adjacent to an activating group) is 1. The largest absolute Gasteiger partial charge is 0.461 e. The van der Waals surface area contributed by atoms with E-state index >= 15 is 4.39 Å². The van der Waals surface area contributed by atoms with Gasteiger partial charge in [0.25, 0.3) is 5.91 Å². The minimum absolute atomic E-state index is 0.00191. The Bertz CT molecular complexity index is 2040. The van der Waals surface area contributed by atoms with Gasteiger partial charge in [-0.25, -0.2) is 8.78 Å². The van der Waals surface area contributed by atoms with Gasteiger partial charge in [-0.05, 0) is 43.2 Å². The fourth-order valence-electron chi connectivity index (χ4n) is 8.15. The molecule has 4 aromatic rings. The normalized spacial score (nSPS) is 26.4. The van der Waals surface area contributed by atoms with Crippen LogP contribution in [0.15, 0.2) is 42.6 Å². The van der Waals surface area contributed by atoms with Crippen LogP contribution in [0.4, 0.5) is 14.6 Å². The lowest BCUT2D eigenvalue weighted by molar-refractivity contribution is -0.124. The molecule has 4 aliphatic rings. The number of benzene rings is 2. The van der Waals surface area contributed by atoms with Gasteiger partial charge < -0.3 is 25.0 Å². The third-order valence-electron chi connectivity index (χ3n) is 10.8. The molecule has 4 saturated heterocycles. The zero-order chi connectivity index (χ0) is 34.6. The third-order valence-corrected chi connectivity index (χ3v) is 11.1.